The minimum atomic E-state index is -0.590. The fraction of sp³-hybridized carbons (Fsp3) is 0.353. The Morgan fingerprint density at radius 3 is 2.45 bits per heavy atom. The Hall–Kier alpha value is -1.61. The van der Waals surface area contributed by atoms with Gasteiger partial charge in [-0.05, 0) is 48.2 Å². The van der Waals surface area contributed by atoms with Gasteiger partial charge in [-0.25, -0.2) is 0 Å². The maximum atomic E-state index is 11.2. The first kappa shape index (κ1) is 14.8. The molecule has 0 saturated heterocycles. The quantitative estimate of drug-likeness (QED) is 0.638. The van der Waals surface area contributed by atoms with E-state index < -0.39 is 5.60 Å². The Kier molecular flexibility index (Phi) is 4.28. The molecule has 0 fully saturated rings. The van der Waals surface area contributed by atoms with Crippen LogP contribution in [0.5, 0.6) is 0 Å². The smallest absolute Gasteiger partial charge is 0.303 e. The van der Waals surface area contributed by atoms with Crippen molar-refractivity contribution in [3.05, 3.63) is 47.5 Å². The molecule has 0 radical (unpaired) electrons. The highest BCUT2D eigenvalue weighted by molar-refractivity contribution is 6.08. The van der Waals surface area contributed by atoms with Crippen LogP contribution >= 0.6 is 0 Å². The Labute approximate surface area is 123 Å². The van der Waals surface area contributed by atoms with Gasteiger partial charge in [0, 0.05) is 17.2 Å². The Morgan fingerprint density at radius 1 is 1.15 bits per heavy atom. The molecule has 0 aliphatic carbocycles. The van der Waals surface area contributed by atoms with Crippen molar-refractivity contribution in [2.24, 2.45) is 0 Å². The first-order valence-corrected chi connectivity index (χ1v) is 8.56. The van der Waals surface area contributed by atoms with E-state index in [1.165, 1.54) is 46.0 Å². The van der Waals surface area contributed by atoms with Crippen LogP contribution in [0.2, 0.25) is 6.04 Å². The Morgan fingerprint density at radius 2 is 1.80 bits per heavy atom. The van der Waals surface area contributed by atoms with Crippen molar-refractivity contribution in [3.8, 4) is 0 Å². The van der Waals surface area contributed by atoms with Crippen molar-refractivity contribution in [2.75, 3.05) is 0 Å². The van der Waals surface area contributed by atoms with Crippen molar-refractivity contribution in [1.82, 2.24) is 0 Å². The number of aryl methyl sites for hydroxylation is 1. The highest BCUT2D eigenvalue weighted by Crippen LogP contribution is 2.28. The second-order valence-electron chi connectivity index (χ2n) is 5.75. The molecular weight excluding hydrogens is 264 g/mol. The van der Waals surface area contributed by atoms with Gasteiger partial charge < -0.3 is 4.74 Å². The molecule has 2 nitrogen and oxygen atoms in total. The van der Waals surface area contributed by atoms with E-state index >= 15 is 0 Å². The predicted molar refractivity (Wildman–Crippen MR) is 87.2 cm³/mol. The van der Waals surface area contributed by atoms with Crippen molar-refractivity contribution in [2.45, 2.75) is 38.8 Å². The largest absolute Gasteiger partial charge is 0.455 e. The summed E-state index contributed by atoms with van der Waals surface area (Å²) in [6.07, 6.45) is 1.17. The fourth-order valence-electron chi connectivity index (χ4n) is 2.53. The van der Waals surface area contributed by atoms with E-state index in [1.54, 1.807) is 0 Å². The van der Waals surface area contributed by atoms with Crippen LogP contribution in [0.3, 0.4) is 0 Å². The zero-order chi connectivity index (χ0) is 14.8. The van der Waals surface area contributed by atoms with Gasteiger partial charge in [0.05, 0.1) is 0 Å². The minimum Gasteiger partial charge on any atom is -0.455 e. The van der Waals surface area contributed by atoms with Gasteiger partial charge in [0.15, 0.2) is 0 Å². The van der Waals surface area contributed by atoms with E-state index in [1.807, 2.05) is 13.8 Å². The maximum Gasteiger partial charge on any atom is 0.303 e. The topological polar surface area (TPSA) is 26.3 Å². The number of ether oxygens (including phenoxy) is 1. The number of hydrogen-bond donors (Lipinski definition) is 0. The Balaban J connectivity index is 2.39. The normalized spacial score (nSPS) is 11.8. The summed E-state index contributed by atoms with van der Waals surface area (Å²) in [6.45, 7) is 5.29. The van der Waals surface area contributed by atoms with E-state index in [9.17, 15) is 4.79 Å². The van der Waals surface area contributed by atoms with Crippen molar-refractivity contribution in [3.63, 3.8) is 0 Å². The van der Waals surface area contributed by atoms with Crippen molar-refractivity contribution < 1.29 is 9.53 Å². The first-order valence-electron chi connectivity index (χ1n) is 7.15. The molecule has 0 aliphatic rings. The molecule has 106 valence electrons. The van der Waals surface area contributed by atoms with Gasteiger partial charge in [0.1, 0.15) is 5.60 Å². The van der Waals surface area contributed by atoms with Crippen molar-refractivity contribution >= 4 is 27.0 Å². The van der Waals surface area contributed by atoms with Gasteiger partial charge in [-0.2, -0.15) is 0 Å². The van der Waals surface area contributed by atoms with Gasteiger partial charge in [-0.1, -0.05) is 36.4 Å². The van der Waals surface area contributed by atoms with E-state index in [0.29, 0.717) is 0 Å². The second kappa shape index (κ2) is 5.79. The summed E-state index contributed by atoms with van der Waals surface area (Å²) in [6, 6.07) is 14.2. The minimum absolute atomic E-state index is 0.252. The molecule has 0 atom stereocenters. The van der Waals surface area contributed by atoms with E-state index in [0.717, 1.165) is 5.56 Å². The van der Waals surface area contributed by atoms with Gasteiger partial charge in [0.25, 0.3) is 0 Å². The summed E-state index contributed by atoms with van der Waals surface area (Å²) in [7, 11) is 1.25. The third kappa shape index (κ3) is 3.28. The molecule has 0 unspecified atom stereocenters. The average molecular weight is 286 g/mol. The number of hydrogen-bond acceptors (Lipinski definition) is 2. The standard InChI is InChI=1S/C17H22O2Si/c1-12(18)19-17(2,3)16-7-6-14-10-13(8-9-20)4-5-15(14)11-16/h4-7,10-11H,8-9H2,1-3,20H3. The molecule has 3 heteroatoms. The van der Waals surface area contributed by atoms with Crippen molar-refractivity contribution in [1.29, 1.82) is 0 Å². The SMILES string of the molecule is CC(=O)OC(C)(C)c1ccc2cc(CC[SiH3])ccc2c1. The second-order valence-corrected chi connectivity index (χ2v) is 6.75. The lowest BCUT2D eigenvalue weighted by Crippen LogP contribution is -2.24. The third-order valence-electron chi connectivity index (χ3n) is 3.54. The van der Waals surface area contributed by atoms with E-state index in [4.69, 9.17) is 4.74 Å². The molecule has 20 heavy (non-hydrogen) atoms. The summed E-state index contributed by atoms with van der Waals surface area (Å²) in [5.41, 5.74) is 1.84. The van der Waals surface area contributed by atoms with Gasteiger partial charge in [-0.15, -0.1) is 0 Å². The molecule has 2 aromatic rings. The number of carbonyl (C=O) groups is 1. The number of benzene rings is 2. The molecule has 2 aromatic carbocycles. The summed E-state index contributed by atoms with van der Waals surface area (Å²) >= 11 is 0. The third-order valence-corrected chi connectivity index (χ3v) is 4.04. The monoisotopic (exact) mass is 286 g/mol. The molecule has 2 rings (SSSR count). The lowest BCUT2D eigenvalue weighted by molar-refractivity contribution is -0.154. The van der Waals surface area contributed by atoms with Crippen LogP contribution < -0.4 is 0 Å². The van der Waals surface area contributed by atoms with Crippen LogP contribution in [-0.2, 0) is 21.6 Å². The number of carbonyl (C=O) groups excluding carboxylic acids is 1. The first-order chi connectivity index (χ1) is 9.42. The van der Waals surface area contributed by atoms with E-state index in [2.05, 4.69) is 36.4 Å². The molecule has 0 N–H and O–H groups in total. The van der Waals surface area contributed by atoms with Crippen LogP contribution in [0.4, 0.5) is 0 Å². The van der Waals surface area contributed by atoms with Crippen LogP contribution in [0.25, 0.3) is 10.8 Å². The maximum absolute atomic E-state index is 11.2. The predicted octanol–water partition coefficient (Wildman–Crippen LogP) is 2.96. The highest BCUT2D eigenvalue weighted by Gasteiger charge is 2.23. The zero-order valence-electron chi connectivity index (χ0n) is 12.7. The molecule has 0 aromatic heterocycles. The van der Waals surface area contributed by atoms with Crippen LogP contribution in [-0.4, -0.2) is 16.2 Å². The summed E-state index contributed by atoms with van der Waals surface area (Å²) in [4.78, 5) is 11.2. The van der Waals surface area contributed by atoms with E-state index in [-0.39, 0.29) is 5.97 Å². The molecule has 0 saturated carbocycles. The zero-order valence-corrected chi connectivity index (χ0v) is 14.7. The molecule has 0 spiro atoms. The number of rotatable bonds is 4. The lowest BCUT2D eigenvalue weighted by atomic mass is 9.94. The highest BCUT2D eigenvalue weighted by atomic mass is 28.1. The van der Waals surface area contributed by atoms with Gasteiger partial charge >= 0.3 is 5.97 Å². The number of esters is 1. The van der Waals surface area contributed by atoms with Crippen LogP contribution in [0.15, 0.2) is 36.4 Å². The summed E-state index contributed by atoms with van der Waals surface area (Å²) in [5, 5.41) is 2.44. The number of fused-ring (bicyclic) bond motifs is 1. The molecular formula is C17H22O2Si. The lowest BCUT2D eigenvalue weighted by Gasteiger charge is -2.25. The summed E-state index contributed by atoms with van der Waals surface area (Å²) in [5.74, 6) is -0.252. The van der Waals surface area contributed by atoms with Crippen LogP contribution in [0, 0.1) is 0 Å². The molecule has 0 bridgehead atoms. The average Bonchev–Trinajstić information content (AvgIpc) is 2.37. The molecule has 0 amide bonds. The molecule has 0 aliphatic heterocycles. The molecule has 0 heterocycles. The summed E-state index contributed by atoms with van der Waals surface area (Å²) < 4.78 is 5.40. The Bertz CT molecular complexity index is 632. The fourth-order valence-corrected chi connectivity index (χ4v) is 3.11. The van der Waals surface area contributed by atoms with Crippen LogP contribution in [0.1, 0.15) is 31.9 Å². The van der Waals surface area contributed by atoms with Gasteiger partial charge in [-0.3, -0.25) is 4.79 Å². The van der Waals surface area contributed by atoms with Gasteiger partial charge in [0.2, 0.25) is 0 Å².